The van der Waals surface area contributed by atoms with Gasteiger partial charge in [0.05, 0.1) is 11.1 Å². The molecule has 0 radical (unpaired) electrons. The van der Waals surface area contributed by atoms with Crippen molar-refractivity contribution in [1.29, 1.82) is 0 Å². The van der Waals surface area contributed by atoms with Crippen LogP contribution >= 0.6 is 15.9 Å². The minimum absolute atomic E-state index is 0.0334. The molecule has 0 aliphatic heterocycles. The van der Waals surface area contributed by atoms with Crippen molar-refractivity contribution in [2.45, 2.75) is 12.6 Å². The number of nitrogens with one attached hydrogen (secondary N) is 1. The Hall–Kier alpha value is -1.30. The third-order valence-electron chi connectivity index (χ3n) is 2.17. The zero-order valence-corrected chi connectivity index (χ0v) is 10.9. The summed E-state index contributed by atoms with van der Waals surface area (Å²) in [5.41, 5.74) is -0.881. The molecule has 1 N–H and O–H groups in total. The highest BCUT2D eigenvalue weighted by Gasteiger charge is 2.31. The van der Waals surface area contributed by atoms with Crippen LogP contribution in [0, 0.1) is 0 Å². The fraction of sp³-hybridized carbons (Fsp3) is 0.250. The second-order valence-corrected chi connectivity index (χ2v) is 4.38. The van der Waals surface area contributed by atoms with E-state index in [4.69, 9.17) is 0 Å². The first-order chi connectivity index (χ1) is 8.36. The number of halogens is 4. The number of benzene rings is 1. The molecule has 0 saturated carbocycles. The Balaban J connectivity index is 2.93. The SMILES string of the molecule is C=CCCNC(=O)c1cc(C(F)(F)F)ccc1Br. The smallest absolute Gasteiger partial charge is 0.352 e. The van der Waals surface area contributed by atoms with Crippen LogP contribution in [0.15, 0.2) is 35.3 Å². The molecular weight excluding hydrogens is 311 g/mol. The Bertz CT molecular complexity index is 457. The monoisotopic (exact) mass is 321 g/mol. The summed E-state index contributed by atoms with van der Waals surface area (Å²) in [5.74, 6) is -0.546. The van der Waals surface area contributed by atoms with Crippen LogP contribution in [0.1, 0.15) is 22.3 Å². The molecule has 1 aromatic rings. The molecule has 0 fully saturated rings. The van der Waals surface area contributed by atoms with Gasteiger partial charge in [0.25, 0.3) is 5.91 Å². The van der Waals surface area contributed by atoms with Gasteiger partial charge >= 0.3 is 6.18 Å². The standard InChI is InChI=1S/C12H11BrF3NO/c1-2-3-6-17-11(18)9-7-8(12(14,15)16)4-5-10(9)13/h2,4-5,7H,1,3,6H2,(H,17,18). The maximum absolute atomic E-state index is 12.5. The van der Waals surface area contributed by atoms with Crippen molar-refractivity contribution < 1.29 is 18.0 Å². The number of amides is 1. The van der Waals surface area contributed by atoms with Crippen LogP contribution in [0.2, 0.25) is 0 Å². The molecule has 1 aromatic carbocycles. The summed E-state index contributed by atoms with van der Waals surface area (Å²) in [6, 6.07) is 2.96. The van der Waals surface area contributed by atoms with Crippen LogP contribution in [0.4, 0.5) is 13.2 Å². The van der Waals surface area contributed by atoms with E-state index in [0.29, 0.717) is 17.4 Å². The Morgan fingerprint density at radius 2 is 2.11 bits per heavy atom. The van der Waals surface area contributed by atoms with Crippen molar-refractivity contribution in [2.24, 2.45) is 0 Å². The Morgan fingerprint density at radius 3 is 2.67 bits per heavy atom. The highest BCUT2D eigenvalue weighted by molar-refractivity contribution is 9.10. The van der Waals surface area contributed by atoms with Gasteiger partial charge < -0.3 is 5.32 Å². The summed E-state index contributed by atoms with van der Waals surface area (Å²) in [6.07, 6.45) is -2.29. The topological polar surface area (TPSA) is 29.1 Å². The quantitative estimate of drug-likeness (QED) is 0.663. The largest absolute Gasteiger partial charge is 0.416 e. The summed E-state index contributed by atoms with van der Waals surface area (Å²) < 4.78 is 37.9. The maximum atomic E-state index is 12.5. The molecule has 0 aliphatic rings. The van der Waals surface area contributed by atoms with Crippen LogP contribution in [-0.4, -0.2) is 12.5 Å². The number of rotatable bonds is 4. The average Bonchev–Trinajstić information content (AvgIpc) is 2.28. The van der Waals surface area contributed by atoms with Crippen molar-refractivity contribution >= 4 is 21.8 Å². The fourth-order valence-corrected chi connectivity index (χ4v) is 1.69. The highest BCUT2D eigenvalue weighted by Crippen LogP contribution is 2.31. The molecule has 0 heterocycles. The van der Waals surface area contributed by atoms with E-state index in [2.05, 4.69) is 27.8 Å². The van der Waals surface area contributed by atoms with E-state index in [0.717, 1.165) is 12.1 Å². The summed E-state index contributed by atoms with van der Waals surface area (Å²) >= 11 is 3.06. The fourth-order valence-electron chi connectivity index (χ4n) is 1.26. The molecule has 0 aliphatic carbocycles. The Morgan fingerprint density at radius 1 is 1.44 bits per heavy atom. The van der Waals surface area contributed by atoms with Crippen molar-refractivity contribution in [2.75, 3.05) is 6.54 Å². The van der Waals surface area contributed by atoms with Gasteiger partial charge in [0.2, 0.25) is 0 Å². The van der Waals surface area contributed by atoms with Gasteiger partial charge in [-0.15, -0.1) is 6.58 Å². The van der Waals surface area contributed by atoms with E-state index in [1.54, 1.807) is 6.08 Å². The maximum Gasteiger partial charge on any atom is 0.416 e. The minimum atomic E-state index is -4.46. The zero-order chi connectivity index (χ0) is 13.8. The van der Waals surface area contributed by atoms with E-state index in [9.17, 15) is 18.0 Å². The second kappa shape index (κ2) is 6.04. The molecular formula is C12H11BrF3NO. The molecule has 0 unspecified atom stereocenters. The molecule has 0 atom stereocenters. The summed E-state index contributed by atoms with van der Waals surface area (Å²) in [7, 11) is 0. The molecule has 1 amide bonds. The van der Waals surface area contributed by atoms with E-state index >= 15 is 0 Å². The Kier molecular flexibility index (Phi) is 4.95. The first-order valence-electron chi connectivity index (χ1n) is 5.12. The molecule has 0 spiro atoms. The molecule has 0 saturated heterocycles. The lowest BCUT2D eigenvalue weighted by Gasteiger charge is -2.10. The summed E-state index contributed by atoms with van der Waals surface area (Å²) in [6.45, 7) is 3.82. The molecule has 6 heteroatoms. The van der Waals surface area contributed by atoms with Crippen molar-refractivity contribution in [3.05, 3.63) is 46.5 Å². The molecule has 18 heavy (non-hydrogen) atoms. The van der Waals surface area contributed by atoms with Gasteiger partial charge in [-0.25, -0.2) is 0 Å². The van der Waals surface area contributed by atoms with Crippen LogP contribution in [-0.2, 0) is 6.18 Å². The van der Waals surface area contributed by atoms with Crippen LogP contribution in [0.25, 0.3) is 0 Å². The van der Waals surface area contributed by atoms with Crippen molar-refractivity contribution in [3.8, 4) is 0 Å². The predicted molar refractivity (Wildman–Crippen MR) is 66.3 cm³/mol. The van der Waals surface area contributed by atoms with Crippen molar-refractivity contribution in [3.63, 3.8) is 0 Å². The van der Waals surface area contributed by atoms with Gasteiger partial charge in [-0.05, 0) is 40.5 Å². The van der Waals surface area contributed by atoms with Crippen LogP contribution in [0.5, 0.6) is 0 Å². The van der Waals surface area contributed by atoms with E-state index in [-0.39, 0.29) is 5.56 Å². The third kappa shape index (κ3) is 3.87. The number of alkyl halides is 3. The van der Waals surface area contributed by atoms with Gasteiger partial charge in [0.1, 0.15) is 0 Å². The van der Waals surface area contributed by atoms with Crippen LogP contribution < -0.4 is 5.32 Å². The second-order valence-electron chi connectivity index (χ2n) is 3.53. The molecule has 98 valence electrons. The first kappa shape index (κ1) is 14.8. The number of carbonyl (C=O) groups excluding carboxylic acids is 1. The first-order valence-corrected chi connectivity index (χ1v) is 5.91. The lowest BCUT2D eigenvalue weighted by Crippen LogP contribution is -2.25. The van der Waals surface area contributed by atoms with E-state index in [1.807, 2.05) is 0 Å². The predicted octanol–water partition coefficient (Wildman–Crippen LogP) is 3.77. The molecule has 1 rings (SSSR count). The van der Waals surface area contributed by atoms with Gasteiger partial charge in [-0.2, -0.15) is 13.2 Å². The van der Waals surface area contributed by atoms with Gasteiger partial charge in [-0.1, -0.05) is 6.08 Å². The lowest BCUT2D eigenvalue weighted by atomic mass is 10.1. The minimum Gasteiger partial charge on any atom is -0.352 e. The average molecular weight is 322 g/mol. The van der Waals surface area contributed by atoms with Gasteiger partial charge in [-0.3, -0.25) is 4.79 Å². The Labute approximate surface area is 111 Å². The number of hydrogen-bond acceptors (Lipinski definition) is 1. The molecule has 0 aromatic heterocycles. The highest BCUT2D eigenvalue weighted by atomic mass is 79.9. The van der Waals surface area contributed by atoms with E-state index < -0.39 is 17.6 Å². The summed E-state index contributed by atoms with van der Waals surface area (Å²) in [5, 5.41) is 2.51. The third-order valence-corrected chi connectivity index (χ3v) is 2.86. The zero-order valence-electron chi connectivity index (χ0n) is 9.35. The van der Waals surface area contributed by atoms with Crippen LogP contribution in [0.3, 0.4) is 0 Å². The van der Waals surface area contributed by atoms with E-state index in [1.165, 1.54) is 6.07 Å². The summed E-state index contributed by atoms with van der Waals surface area (Å²) in [4.78, 5) is 11.7. The van der Waals surface area contributed by atoms with Crippen molar-refractivity contribution in [1.82, 2.24) is 5.32 Å². The molecule has 0 bridgehead atoms. The molecule has 2 nitrogen and oxygen atoms in total. The van der Waals surface area contributed by atoms with Gasteiger partial charge in [0, 0.05) is 11.0 Å². The normalized spacial score (nSPS) is 11.1. The number of carbonyl (C=O) groups is 1. The lowest BCUT2D eigenvalue weighted by molar-refractivity contribution is -0.137. The number of hydrogen-bond donors (Lipinski definition) is 1. The van der Waals surface area contributed by atoms with Gasteiger partial charge in [0.15, 0.2) is 0 Å².